The standard InChI is InChI=1S/C5H7BO/c6-4-1-2-5(7)3-4/h3,5,7H,1-2H2. The van der Waals surface area contributed by atoms with Crippen LogP contribution in [0.4, 0.5) is 0 Å². The molecule has 1 nitrogen and oxygen atoms in total. The van der Waals surface area contributed by atoms with Gasteiger partial charge in [0.05, 0.1) is 6.10 Å². The Morgan fingerprint density at radius 2 is 2.57 bits per heavy atom. The topological polar surface area (TPSA) is 20.2 Å². The van der Waals surface area contributed by atoms with E-state index in [0.717, 1.165) is 18.3 Å². The van der Waals surface area contributed by atoms with Gasteiger partial charge in [-0.1, -0.05) is 6.08 Å². The van der Waals surface area contributed by atoms with Crippen molar-refractivity contribution in [2.45, 2.75) is 18.9 Å². The zero-order chi connectivity index (χ0) is 5.28. The van der Waals surface area contributed by atoms with Crippen LogP contribution < -0.4 is 0 Å². The summed E-state index contributed by atoms with van der Waals surface area (Å²) in [4.78, 5) is 0. The van der Waals surface area contributed by atoms with Crippen molar-refractivity contribution in [3.63, 3.8) is 0 Å². The first-order valence-corrected chi connectivity index (χ1v) is 2.43. The molecule has 0 amide bonds. The molecule has 1 aliphatic rings. The van der Waals surface area contributed by atoms with Crippen LogP contribution in [0.15, 0.2) is 11.5 Å². The zero-order valence-electron chi connectivity index (χ0n) is 4.09. The Kier molecular flexibility index (Phi) is 1.20. The fourth-order valence-electron chi connectivity index (χ4n) is 0.728. The van der Waals surface area contributed by atoms with Crippen molar-refractivity contribution in [3.8, 4) is 0 Å². The lowest BCUT2D eigenvalue weighted by atomic mass is 9.96. The van der Waals surface area contributed by atoms with E-state index in [1.165, 1.54) is 0 Å². The maximum absolute atomic E-state index is 8.74. The van der Waals surface area contributed by atoms with Gasteiger partial charge in [-0.2, -0.15) is 0 Å². The third kappa shape index (κ3) is 1.06. The van der Waals surface area contributed by atoms with Crippen molar-refractivity contribution in [1.29, 1.82) is 0 Å². The van der Waals surface area contributed by atoms with Crippen molar-refractivity contribution < 1.29 is 5.11 Å². The molecule has 0 aromatic rings. The van der Waals surface area contributed by atoms with Crippen LogP contribution in [0.1, 0.15) is 12.8 Å². The molecule has 1 unspecified atom stereocenters. The molecule has 0 saturated carbocycles. The lowest BCUT2D eigenvalue weighted by Gasteiger charge is -1.89. The van der Waals surface area contributed by atoms with E-state index >= 15 is 0 Å². The molecule has 0 bridgehead atoms. The second kappa shape index (κ2) is 1.70. The molecule has 1 aliphatic carbocycles. The average molecular weight is 93.9 g/mol. The Bertz CT molecular complexity index is 98.3. The fraction of sp³-hybridized carbons (Fsp3) is 0.600. The Balaban J connectivity index is 2.50. The van der Waals surface area contributed by atoms with Gasteiger partial charge in [0.15, 0.2) is 0 Å². The van der Waals surface area contributed by atoms with E-state index in [2.05, 4.69) is 0 Å². The van der Waals surface area contributed by atoms with Crippen LogP contribution in [0.2, 0.25) is 0 Å². The van der Waals surface area contributed by atoms with Gasteiger partial charge in [-0.15, -0.1) is 5.47 Å². The van der Waals surface area contributed by atoms with Gasteiger partial charge >= 0.3 is 0 Å². The molecule has 0 aromatic heterocycles. The molecule has 2 heteroatoms. The molecule has 0 fully saturated rings. The van der Waals surface area contributed by atoms with Crippen molar-refractivity contribution >= 4 is 7.85 Å². The van der Waals surface area contributed by atoms with Crippen molar-refractivity contribution in [2.75, 3.05) is 0 Å². The summed E-state index contributed by atoms with van der Waals surface area (Å²) in [6.45, 7) is 0. The van der Waals surface area contributed by atoms with Crippen molar-refractivity contribution in [1.82, 2.24) is 0 Å². The quantitative estimate of drug-likeness (QED) is 0.425. The minimum atomic E-state index is -0.264. The average Bonchev–Trinajstić information content (AvgIpc) is 1.87. The number of allylic oxidation sites excluding steroid dienone is 1. The highest BCUT2D eigenvalue weighted by molar-refractivity contribution is 6.21. The van der Waals surface area contributed by atoms with E-state index in [1.807, 2.05) is 0 Å². The first-order chi connectivity index (χ1) is 3.29. The smallest absolute Gasteiger partial charge is 0.107 e. The minimum Gasteiger partial charge on any atom is -0.389 e. The van der Waals surface area contributed by atoms with Crippen LogP contribution in [0, 0.1) is 0 Å². The SMILES string of the molecule is [B]C1=CC(O)CC1. The third-order valence-electron chi connectivity index (χ3n) is 1.14. The Morgan fingerprint density at radius 1 is 1.86 bits per heavy atom. The maximum Gasteiger partial charge on any atom is 0.107 e. The molecule has 0 saturated heterocycles. The highest BCUT2D eigenvalue weighted by Gasteiger charge is 2.06. The van der Waals surface area contributed by atoms with E-state index in [9.17, 15) is 0 Å². The Morgan fingerprint density at radius 3 is 2.71 bits per heavy atom. The van der Waals surface area contributed by atoms with Crippen LogP contribution >= 0.6 is 0 Å². The molecule has 1 N–H and O–H groups in total. The molecular formula is C5H7BO. The predicted octanol–water partition coefficient (Wildman–Crippen LogP) is 0.193. The number of aliphatic hydroxyl groups is 1. The first-order valence-electron chi connectivity index (χ1n) is 2.43. The fourth-order valence-corrected chi connectivity index (χ4v) is 0.728. The molecule has 1 rings (SSSR count). The number of rotatable bonds is 0. The molecule has 0 spiro atoms. The summed E-state index contributed by atoms with van der Waals surface area (Å²) in [6.07, 6.45) is 3.10. The summed E-state index contributed by atoms with van der Waals surface area (Å²) >= 11 is 0. The third-order valence-corrected chi connectivity index (χ3v) is 1.14. The molecule has 2 radical (unpaired) electrons. The highest BCUT2D eigenvalue weighted by Crippen LogP contribution is 2.13. The summed E-state index contributed by atoms with van der Waals surface area (Å²) in [5, 5.41) is 8.74. The summed E-state index contributed by atoms with van der Waals surface area (Å²) < 4.78 is 0. The maximum atomic E-state index is 8.74. The van der Waals surface area contributed by atoms with Gasteiger partial charge in [0, 0.05) is 0 Å². The molecule has 1 atom stereocenters. The molecular weight excluding hydrogens is 86.9 g/mol. The Hall–Kier alpha value is -0.235. The van der Waals surface area contributed by atoms with Crippen LogP contribution in [-0.4, -0.2) is 19.1 Å². The summed E-state index contributed by atoms with van der Waals surface area (Å²) in [5.41, 5.74) is 0.826. The van der Waals surface area contributed by atoms with E-state index in [1.54, 1.807) is 6.08 Å². The molecule has 7 heavy (non-hydrogen) atoms. The number of hydrogen-bond acceptors (Lipinski definition) is 1. The number of hydrogen-bond donors (Lipinski definition) is 1. The van der Waals surface area contributed by atoms with Gasteiger partial charge in [-0.3, -0.25) is 0 Å². The molecule has 0 heterocycles. The van der Waals surface area contributed by atoms with Crippen molar-refractivity contribution in [3.05, 3.63) is 11.5 Å². The van der Waals surface area contributed by atoms with Gasteiger partial charge in [-0.25, -0.2) is 0 Å². The summed E-state index contributed by atoms with van der Waals surface area (Å²) in [6, 6.07) is 0. The van der Waals surface area contributed by atoms with Crippen molar-refractivity contribution in [2.24, 2.45) is 0 Å². The van der Waals surface area contributed by atoms with Crippen LogP contribution in [-0.2, 0) is 0 Å². The van der Waals surface area contributed by atoms with Crippen LogP contribution in [0.25, 0.3) is 0 Å². The van der Waals surface area contributed by atoms with E-state index < -0.39 is 0 Å². The van der Waals surface area contributed by atoms with Crippen LogP contribution in [0.3, 0.4) is 0 Å². The van der Waals surface area contributed by atoms with Gasteiger partial charge in [0.25, 0.3) is 0 Å². The molecule has 0 aromatic carbocycles. The van der Waals surface area contributed by atoms with E-state index in [0.29, 0.717) is 0 Å². The highest BCUT2D eigenvalue weighted by atomic mass is 16.3. The molecule has 0 aliphatic heterocycles. The summed E-state index contributed by atoms with van der Waals surface area (Å²) in [7, 11) is 5.33. The Labute approximate surface area is 44.4 Å². The van der Waals surface area contributed by atoms with E-state index in [4.69, 9.17) is 13.0 Å². The number of aliphatic hydroxyl groups excluding tert-OH is 1. The van der Waals surface area contributed by atoms with Gasteiger partial charge in [0.1, 0.15) is 7.85 Å². The normalized spacial score (nSPS) is 30.4. The van der Waals surface area contributed by atoms with Gasteiger partial charge < -0.3 is 5.11 Å². The predicted molar refractivity (Wildman–Crippen MR) is 29.1 cm³/mol. The minimum absolute atomic E-state index is 0.264. The van der Waals surface area contributed by atoms with Gasteiger partial charge in [0.2, 0.25) is 0 Å². The largest absolute Gasteiger partial charge is 0.389 e. The second-order valence-electron chi connectivity index (χ2n) is 1.85. The molecule has 36 valence electrons. The zero-order valence-corrected chi connectivity index (χ0v) is 4.09. The summed E-state index contributed by atoms with van der Waals surface area (Å²) in [5.74, 6) is 0. The monoisotopic (exact) mass is 94.1 g/mol. The lowest BCUT2D eigenvalue weighted by Crippen LogP contribution is -1.93. The lowest BCUT2D eigenvalue weighted by molar-refractivity contribution is 0.223. The van der Waals surface area contributed by atoms with Gasteiger partial charge in [-0.05, 0) is 12.8 Å². The van der Waals surface area contributed by atoms with E-state index in [-0.39, 0.29) is 6.10 Å². The first kappa shape index (κ1) is 4.91. The van der Waals surface area contributed by atoms with Crippen LogP contribution in [0.5, 0.6) is 0 Å². The second-order valence-corrected chi connectivity index (χ2v) is 1.85.